The van der Waals surface area contributed by atoms with Gasteiger partial charge >= 0.3 is 0 Å². The molecule has 2 aromatic rings. The summed E-state index contributed by atoms with van der Waals surface area (Å²) in [7, 11) is 0. The summed E-state index contributed by atoms with van der Waals surface area (Å²) in [6.45, 7) is 0. The Morgan fingerprint density at radius 3 is 1.59 bits per heavy atom. The molecule has 0 amide bonds. The van der Waals surface area contributed by atoms with Gasteiger partial charge in [-0.15, -0.1) is 0 Å². The quantitative estimate of drug-likeness (QED) is 0.634. The van der Waals surface area contributed by atoms with Gasteiger partial charge in [-0.25, -0.2) is 0 Å². The third-order valence-electron chi connectivity index (χ3n) is 3.91. The Morgan fingerprint density at radius 2 is 1.18 bits per heavy atom. The largest absolute Gasteiger partial charge is 0.323 e. The van der Waals surface area contributed by atoms with Gasteiger partial charge in [0.25, 0.3) is 0 Å². The number of benzene rings is 2. The molecular weight excluding hydrogens is 268 g/mol. The van der Waals surface area contributed by atoms with E-state index in [0.29, 0.717) is 0 Å². The van der Waals surface area contributed by atoms with E-state index in [4.69, 9.17) is 5.84 Å². The number of nitrogens with zero attached hydrogens (tertiary/aromatic N) is 1. The van der Waals surface area contributed by atoms with Gasteiger partial charge in [-0.2, -0.15) is 5.10 Å². The monoisotopic (exact) mass is 288 g/mol. The number of hydrogen-bond donors (Lipinski definition) is 1. The molecular formula is C20H20N2. The predicted octanol–water partition coefficient (Wildman–Crippen LogP) is 4.65. The van der Waals surface area contributed by atoms with Crippen LogP contribution >= 0.6 is 0 Å². The minimum atomic E-state index is 0.943. The van der Waals surface area contributed by atoms with Crippen LogP contribution in [0.3, 0.4) is 0 Å². The van der Waals surface area contributed by atoms with Crippen molar-refractivity contribution in [2.45, 2.75) is 19.3 Å². The smallest absolute Gasteiger partial charge is 0.0891 e. The van der Waals surface area contributed by atoms with E-state index >= 15 is 0 Å². The first-order valence-corrected chi connectivity index (χ1v) is 7.66. The van der Waals surface area contributed by atoms with Crippen molar-refractivity contribution in [3.8, 4) is 0 Å². The molecule has 3 rings (SSSR count). The zero-order valence-electron chi connectivity index (χ0n) is 12.6. The second-order valence-electron chi connectivity index (χ2n) is 5.49. The molecule has 1 fully saturated rings. The summed E-state index contributed by atoms with van der Waals surface area (Å²) in [5.74, 6) is 5.70. The molecule has 22 heavy (non-hydrogen) atoms. The van der Waals surface area contributed by atoms with Crippen molar-refractivity contribution in [3.05, 3.63) is 82.9 Å². The summed E-state index contributed by atoms with van der Waals surface area (Å²) in [6, 6.07) is 20.7. The number of hydrazone groups is 1. The van der Waals surface area contributed by atoms with E-state index in [1.807, 2.05) is 12.1 Å². The molecule has 1 aliphatic carbocycles. The van der Waals surface area contributed by atoms with Gasteiger partial charge in [0, 0.05) is 0 Å². The Balaban J connectivity index is 1.94. The highest BCUT2D eigenvalue weighted by molar-refractivity contribution is 6.17. The fraction of sp³-hybridized carbons (Fsp3) is 0.150. The molecule has 0 spiro atoms. The van der Waals surface area contributed by atoms with E-state index in [1.54, 1.807) is 0 Å². The summed E-state index contributed by atoms with van der Waals surface area (Å²) in [5.41, 5.74) is 5.78. The Labute approximate surface area is 131 Å². The van der Waals surface area contributed by atoms with Crippen LogP contribution in [0.25, 0.3) is 12.2 Å². The van der Waals surface area contributed by atoms with Crippen LogP contribution in [-0.4, -0.2) is 5.71 Å². The maximum absolute atomic E-state index is 5.70. The van der Waals surface area contributed by atoms with Crippen molar-refractivity contribution < 1.29 is 0 Å². The van der Waals surface area contributed by atoms with Crippen LogP contribution in [0.15, 0.2) is 76.9 Å². The van der Waals surface area contributed by atoms with E-state index in [9.17, 15) is 0 Å². The number of nitrogens with two attached hydrogens (primary N) is 1. The van der Waals surface area contributed by atoms with Crippen molar-refractivity contribution in [1.29, 1.82) is 0 Å². The second kappa shape index (κ2) is 6.90. The van der Waals surface area contributed by atoms with Gasteiger partial charge in [-0.1, -0.05) is 60.7 Å². The highest BCUT2D eigenvalue weighted by Crippen LogP contribution is 2.28. The Hall–Kier alpha value is -2.61. The average molecular weight is 288 g/mol. The van der Waals surface area contributed by atoms with Gasteiger partial charge in [-0.05, 0) is 53.7 Å². The lowest BCUT2D eigenvalue weighted by molar-refractivity contribution is 0.815. The molecule has 0 unspecified atom stereocenters. The Kier molecular flexibility index (Phi) is 4.50. The van der Waals surface area contributed by atoms with E-state index in [0.717, 1.165) is 25.0 Å². The third kappa shape index (κ3) is 3.34. The summed E-state index contributed by atoms with van der Waals surface area (Å²) in [5, 5.41) is 4.08. The van der Waals surface area contributed by atoms with Crippen LogP contribution in [0.2, 0.25) is 0 Å². The standard InChI is InChI=1S/C20H20N2/c21-22-20-18(14-16-8-3-1-4-9-16)12-7-13-19(20)15-17-10-5-2-6-11-17/h1-6,8-11,14-15H,7,12-13,21H2/b18-14+,19-15+. The van der Waals surface area contributed by atoms with E-state index in [-0.39, 0.29) is 0 Å². The van der Waals surface area contributed by atoms with Crippen molar-refractivity contribution in [1.82, 2.24) is 0 Å². The van der Waals surface area contributed by atoms with Crippen molar-refractivity contribution in [3.63, 3.8) is 0 Å². The first kappa shape index (κ1) is 14.3. The number of allylic oxidation sites excluding steroid dienone is 2. The third-order valence-corrected chi connectivity index (χ3v) is 3.91. The summed E-state index contributed by atoms with van der Waals surface area (Å²) in [4.78, 5) is 0. The molecule has 0 aromatic heterocycles. The molecule has 0 aliphatic heterocycles. The van der Waals surface area contributed by atoms with E-state index < -0.39 is 0 Å². The highest BCUT2D eigenvalue weighted by atomic mass is 15.1. The number of rotatable bonds is 2. The maximum atomic E-state index is 5.70. The van der Waals surface area contributed by atoms with Crippen molar-refractivity contribution >= 4 is 17.9 Å². The van der Waals surface area contributed by atoms with Crippen molar-refractivity contribution in [2.75, 3.05) is 0 Å². The molecule has 0 bridgehead atoms. The molecule has 2 aromatic carbocycles. The zero-order valence-corrected chi connectivity index (χ0v) is 12.6. The number of hydrogen-bond acceptors (Lipinski definition) is 2. The van der Waals surface area contributed by atoms with E-state index in [2.05, 4.69) is 65.8 Å². The topological polar surface area (TPSA) is 38.4 Å². The summed E-state index contributed by atoms with van der Waals surface area (Å²) in [6.07, 6.45) is 7.58. The van der Waals surface area contributed by atoms with Crippen LogP contribution in [0, 0.1) is 0 Å². The normalized spacial score (nSPS) is 18.6. The second-order valence-corrected chi connectivity index (χ2v) is 5.49. The molecule has 1 aliphatic rings. The first-order valence-electron chi connectivity index (χ1n) is 7.66. The summed E-state index contributed by atoms with van der Waals surface area (Å²) >= 11 is 0. The lowest BCUT2D eigenvalue weighted by Gasteiger charge is -2.20. The molecule has 0 atom stereocenters. The molecule has 2 nitrogen and oxygen atoms in total. The molecule has 1 saturated carbocycles. The minimum Gasteiger partial charge on any atom is -0.323 e. The minimum absolute atomic E-state index is 0.943. The van der Waals surface area contributed by atoms with Gasteiger partial charge in [0.1, 0.15) is 0 Å². The fourth-order valence-electron chi connectivity index (χ4n) is 2.86. The van der Waals surface area contributed by atoms with Crippen LogP contribution in [0.4, 0.5) is 0 Å². The van der Waals surface area contributed by atoms with Crippen molar-refractivity contribution in [2.24, 2.45) is 10.9 Å². The van der Waals surface area contributed by atoms with Crippen LogP contribution < -0.4 is 5.84 Å². The van der Waals surface area contributed by atoms with Crippen LogP contribution in [0.1, 0.15) is 30.4 Å². The van der Waals surface area contributed by atoms with E-state index in [1.165, 1.54) is 22.3 Å². The van der Waals surface area contributed by atoms with Crippen LogP contribution in [-0.2, 0) is 0 Å². The average Bonchev–Trinajstić information content (AvgIpc) is 2.57. The Morgan fingerprint density at radius 1 is 0.727 bits per heavy atom. The first-order chi connectivity index (χ1) is 10.9. The Bertz CT molecular complexity index is 650. The van der Waals surface area contributed by atoms with Gasteiger partial charge in [0.05, 0.1) is 5.71 Å². The van der Waals surface area contributed by atoms with Gasteiger partial charge in [-0.3, -0.25) is 0 Å². The molecule has 2 heteroatoms. The zero-order chi connectivity index (χ0) is 15.2. The lowest BCUT2D eigenvalue weighted by Crippen LogP contribution is -2.14. The van der Waals surface area contributed by atoms with Gasteiger partial charge in [0.2, 0.25) is 0 Å². The van der Waals surface area contributed by atoms with Gasteiger partial charge < -0.3 is 5.84 Å². The summed E-state index contributed by atoms with van der Waals surface area (Å²) < 4.78 is 0. The molecule has 0 saturated heterocycles. The molecule has 0 heterocycles. The SMILES string of the molecule is NN=C1/C(=C/c2ccccc2)CCC/C1=C\c1ccccc1. The highest BCUT2D eigenvalue weighted by Gasteiger charge is 2.18. The maximum Gasteiger partial charge on any atom is 0.0891 e. The van der Waals surface area contributed by atoms with Crippen LogP contribution in [0.5, 0.6) is 0 Å². The molecule has 2 N–H and O–H groups in total. The van der Waals surface area contributed by atoms with Gasteiger partial charge in [0.15, 0.2) is 0 Å². The lowest BCUT2D eigenvalue weighted by atomic mass is 9.86. The molecule has 0 radical (unpaired) electrons. The fourth-order valence-corrected chi connectivity index (χ4v) is 2.86. The molecule has 110 valence electrons. The predicted molar refractivity (Wildman–Crippen MR) is 94.3 cm³/mol.